The van der Waals surface area contributed by atoms with Crippen LogP contribution in [0, 0.1) is 0 Å². The van der Waals surface area contributed by atoms with Crippen molar-refractivity contribution in [3.05, 3.63) is 59.0 Å². The predicted molar refractivity (Wildman–Crippen MR) is 112 cm³/mol. The quantitative estimate of drug-likeness (QED) is 0.697. The molecular formula is C21H20N2O5S. The summed E-state index contributed by atoms with van der Waals surface area (Å²) in [5.41, 5.74) is 1.29. The zero-order valence-corrected chi connectivity index (χ0v) is 16.8. The molecule has 0 aliphatic carbocycles. The van der Waals surface area contributed by atoms with Crippen molar-refractivity contribution in [3.8, 4) is 11.5 Å². The lowest BCUT2D eigenvalue weighted by Gasteiger charge is -2.12. The first-order chi connectivity index (χ1) is 14.0. The number of anilines is 1. The van der Waals surface area contributed by atoms with E-state index in [1.54, 1.807) is 43.5 Å². The fourth-order valence-electron chi connectivity index (χ4n) is 2.67. The number of imide groups is 1. The molecule has 150 valence electrons. The van der Waals surface area contributed by atoms with Gasteiger partial charge in [0.2, 0.25) is 5.91 Å². The normalized spacial score (nSPS) is 15.0. The fraction of sp³-hybridized carbons (Fsp3) is 0.190. The zero-order valence-electron chi connectivity index (χ0n) is 16.0. The molecule has 29 heavy (non-hydrogen) atoms. The topological polar surface area (TPSA) is 84.9 Å². The number of benzene rings is 2. The lowest BCUT2D eigenvalue weighted by Crippen LogP contribution is -2.36. The summed E-state index contributed by atoms with van der Waals surface area (Å²) in [5.74, 6) is 0.385. The number of hydrogen-bond acceptors (Lipinski definition) is 6. The lowest BCUT2D eigenvalue weighted by atomic mass is 10.2. The Hall–Kier alpha value is -3.26. The Morgan fingerprint density at radius 2 is 1.90 bits per heavy atom. The van der Waals surface area contributed by atoms with Crippen LogP contribution in [0.4, 0.5) is 10.5 Å². The van der Waals surface area contributed by atoms with E-state index in [0.717, 1.165) is 22.2 Å². The average Bonchev–Trinajstić information content (AvgIpc) is 2.96. The minimum atomic E-state index is -0.494. The molecule has 0 atom stereocenters. The van der Waals surface area contributed by atoms with E-state index in [1.165, 1.54) is 0 Å². The molecule has 0 unspecified atom stereocenters. The third kappa shape index (κ3) is 5.17. The Bertz CT molecular complexity index is 956. The number of rotatable bonds is 7. The van der Waals surface area contributed by atoms with Crippen molar-refractivity contribution in [2.24, 2.45) is 0 Å². The molecule has 1 N–H and O–H groups in total. The van der Waals surface area contributed by atoms with E-state index in [0.29, 0.717) is 23.8 Å². The number of ether oxygens (including phenoxy) is 2. The highest BCUT2D eigenvalue weighted by Crippen LogP contribution is 2.32. The maximum atomic E-state index is 12.6. The fourth-order valence-corrected chi connectivity index (χ4v) is 3.51. The smallest absolute Gasteiger partial charge is 0.294 e. The van der Waals surface area contributed by atoms with Crippen LogP contribution in [-0.2, 0) is 9.59 Å². The van der Waals surface area contributed by atoms with Gasteiger partial charge in [-0.1, -0.05) is 12.1 Å². The Balaban J connectivity index is 1.66. The van der Waals surface area contributed by atoms with Crippen molar-refractivity contribution in [1.82, 2.24) is 4.90 Å². The molecule has 0 saturated carbocycles. The summed E-state index contributed by atoms with van der Waals surface area (Å²) >= 11 is 0.810. The monoisotopic (exact) mass is 412 g/mol. The molecule has 1 aliphatic heterocycles. The summed E-state index contributed by atoms with van der Waals surface area (Å²) in [7, 11) is 1.55. The van der Waals surface area contributed by atoms with Crippen LogP contribution >= 0.6 is 11.8 Å². The summed E-state index contributed by atoms with van der Waals surface area (Å²) in [6.07, 6.45) is 1.62. The van der Waals surface area contributed by atoms with Crippen LogP contribution in [-0.4, -0.2) is 42.2 Å². The molecule has 2 aromatic carbocycles. The highest BCUT2D eigenvalue weighted by molar-refractivity contribution is 8.18. The average molecular weight is 412 g/mol. The van der Waals surface area contributed by atoms with Gasteiger partial charge >= 0.3 is 0 Å². The molecule has 0 radical (unpaired) electrons. The molecule has 3 amide bonds. The van der Waals surface area contributed by atoms with Gasteiger partial charge in [0.05, 0.1) is 18.6 Å². The van der Waals surface area contributed by atoms with E-state index in [4.69, 9.17) is 9.47 Å². The summed E-state index contributed by atoms with van der Waals surface area (Å²) in [4.78, 5) is 38.3. The zero-order chi connectivity index (χ0) is 20.8. The number of methoxy groups -OCH3 is 1. The standard InChI is InChI=1S/C21H20N2O5S/c1-3-28-17-6-4-5-14(11-17)12-18-20(25)23(21(26)29-18)13-19(24)22-15-7-9-16(27-2)10-8-15/h4-12H,3,13H2,1-2H3,(H,22,24)/b18-12-. The Labute approximate surface area is 172 Å². The van der Waals surface area contributed by atoms with Crippen molar-refractivity contribution in [1.29, 1.82) is 0 Å². The van der Waals surface area contributed by atoms with Crippen LogP contribution in [0.5, 0.6) is 11.5 Å². The number of hydrogen-bond donors (Lipinski definition) is 1. The second-order valence-electron chi connectivity index (χ2n) is 6.05. The second kappa shape index (κ2) is 9.29. The van der Waals surface area contributed by atoms with E-state index in [9.17, 15) is 14.4 Å². The van der Waals surface area contributed by atoms with Crippen LogP contribution < -0.4 is 14.8 Å². The summed E-state index contributed by atoms with van der Waals surface area (Å²) in [6.45, 7) is 2.06. The maximum absolute atomic E-state index is 12.6. The Morgan fingerprint density at radius 3 is 2.59 bits per heavy atom. The number of carbonyl (C=O) groups excluding carboxylic acids is 3. The van der Waals surface area contributed by atoms with Crippen LogP contribution in [0.1, 0.15) is 12.5 Å². The van der Waals surface area contributed by atoms with Crippen LogP contribution in [0.2, 0.25) is 0 Å². The van der Waals surface area contributed by atoms with E-state index < -0.39 is 17.1 Å². The second-order valence-corrected chi connectivity index (χ2v) is 7.04. The molecule has 1 aliphatic rings. The molecule has 7 nitrogen and oxygen atoms in total. The van der Waals surface area contributed by atoms with Gasteiger partial charge in [0, 0.05) is 5.69 Å². The molecule has 1 fully saturated rings. The highest BCUT2D eigenvalue weighted by atomic mass is 32.2. The van der Waals surface area contributed by atoms with Crippen molar-refractivity contribution < 1.29 is 23.9 Å². The minimum Gasteiger partial charge on any atom is -0.497 e. The van der Waals surface area contributed by atoms with Gasteiger partial charge in [0.1, 0.15) is 18.0 Å². The van der Waals surface area contributed by atoms with Crippen LogP contribution in [0.15, 0.2) is 53.4 Å². The highest BCUT2D eigenvalue weighted by Gasteiger charge is 2.36. The Morgan fingerprint density at radius 1 is 1.14 bits per heavy atom. The number of thioether (sulfide) groups is 1. The molecule has 1 heterocycles. The third-order valence-electron chi connectivity index (χ3n) is 4.02. The number of amides is 3. The van der Waals surface area contributed by atoms with Crippen molar-refractivity contribution in [2.45, 2.75) is 6.92 Å². The lowest BCUT2D eigenvalue weighted by molar-refractivity contribution is -0.127. The molecule has 3 rings (SSSR count). The predicted octanol–water partition coefficient (Wildman–Crippen LogP) is 3.77. The van der Waals surface area contributed by atoms with Crippen molar-refractivity contribution in [3.63, 3.8) is 0 Å². The minimum absolute atomic E-state index is 0.265. The number of carbonyl (C=O) groups is 3. The molecular weight excluding hydrogens is 392 g/mol. The van der Waals surface area contributed by atoms with Gasteiger partial charge in [-0.25, -0.2) is 0 Å². The third-order valence-corrected chi connectivity index (χ3v) is 4.92. The van der Waals surface area contributed by atoms with Crippen LogP contribution in [0.3, 0.4) is 0 Å². The molecule has 0 spiro atoms. The first kappa shape index (κ1) is 20.5. The van der Waals surface area contributed by atoms with Crippen LogP contribution in [0.25, 0.3) is 6.08 Å². The SMILES string of the molecule is CCOc1cccc(/C=C2\SC(=O)N(CC(=O)Nc3ccc(OC)cc3)C2=O)c1. The van der Waals surface area contributed by atoms with Gasteiger partial charge < -0.3 is 14.8 Å². The molecule has 8 heteroatoms. The van der Waals surface area contributed by atoms with Crippen molar-refractivity contribution in [2.75, 3.05) is 25.6 Å². The van der Waals surface area contributed by atoms with Gasteiger partial charge in [-0.15, -0.1) is 0 Å². The van der Waals surface area contributed by atoms with Gasteiger partial charge in [0.15, 0.2) is 0 Å². The van der Waals surface area contributed by atoms with Crippen molar-refractivity contribution >= 4 is 40.6 Å². The molecule has 0 aromatic heterocycles. The van der Waals surface area contributed by atoms with Gasteiger partial charge in [-0.2, -0.15) is 0 Å². The van der Waals surface area contributed by atoms with E-state index >= 15 is 0 Å². The summed E-state index contributed by atoms with van der Waals surface area (Å²) in [5, 5.41) is 2.18. The van der Waals surface area contributed by atoms with E-state index in [1.807, 2.05) is 25.1 Å². The van der Waals surface area contributed by atoms with Gasteiger partial charge in [0.25, 0.3) is 11.1 Å². The Kier molecular flexibility index (Phi) is 6.56. The first-order valence-corrected chi connectivity index (χ1v) is 9.74. The largest absolute Gasteiger partial charge is 0.497 e. The molecule has 2 aromatic rings. The summed E-state index contributed by atoms with van der Waals surface area (Å²) < 4.78 is 10.5. The van der Waals surface area contributed by atoms with E-state index in [2.05, 4.69) is 5.32 Å². The maximum Gasteiger partial charge on any atom is 0.294 e. The molecule has 0 bridgehead atoms. The first-order valence-electron chi connectivity index (χ1n) is 8.92. The van der Waals surface area contributed by atoms with Gasteiger partial charge in [-0.3, -0.25) is 19.3 Å². The van der Waals surface area contributed by atoms with E-state index in [-0.39, 0.29) is 11.4 Å². The summed E-state index contributed by atoms with van der Waals surface area (Å²) in [6, 6.07) is 14.0. The number of nitrogens with zero attached hydrogens (tertiary/aromatic N) is 1. The molecule has 1 saturated heterocycles. The van der Waals surface area contributed by atoms with Gasteiger partial charge in [-0.05, 0) is 66.7 Å². The number of nitrogens with one attached hydrogen (secondary N) is 1.